The number of likely N-dealkylation sites (tertiary alicyclic amines) is 1. The van der Waals surface area contributed by atoms with E-state index in [-0.39, 0.29) is 11.3 Å². The Kier molecular flexibility index (Phi) is 3.84. The Labute approximate surface area is 147 Å². The van der Waals surface area contributed by atoms with Crippen molar-refractivity contribution < 1.29 is 4.79 Å². The van der Waals surface area contributed by atoms with Gasteiger partial charge in [0.05, 0.1) is 11.5 Å². The number of amides is 1. The first kappa shape index (κ1) is 15.9. The van der Waals surface area contributed by atoms with Crippen LogP contribution >= 0.6 is 0 Å². The van der Waals surface area contributed by atoms with Gasteiger partial charge >= 0.3 is 0 Å². The van der Waals surface area contributed by atoms with Gasteiger partial charge in [0.1, 0.15) is 0 Å². The van der Waals surface area contributed by atoms with Crippen LogP contribution in [0.3, 0.4) is 0 Å². The van der Waals surface area contributed by atoms with Crippen LogP contribution in [0.2, 0.25) is 0 Å². The summed E-state index contributed by atoms with van der Waals surface area (Å²) >= 11 is 0. The number of aryl methyl sites for hydroxylation is 1. The summed E-state index contributed by atoms with van der Waals surface area (Å²) in [6.45, 7) is 1.54. The third-order valence-corrected chi connectivity index (χ3v) is 5.63. The van der Waals surface area contributed by atoms with Gasteiger partial charge in [-0.1, -0.05) is 12.1 Å². The SMILES string of the molecule is Cn1nccc1C1CCCN(C(=O)c2ccc(C3(C#N)CC3)cc2)C1. The second-order valence-corrected chi connectivity index (χ2v) is 7.24. The molecule has 4 rings (SSSR count). The molecule has 1 atom stereocenters. The Bertz CT molecular complexity index is 826. The first-order chi connectivity index (χ1) is 12.1. The maximum atomic E-state index is 12.9. The van der Waals surface area contributed by atoms with Gasteiger partial charge in [-0.25, -0.2) is 0 Å². The molecule has 2 heterocycles. The Hall–Kier alpha value is -2.61. The number of carbonyl (C=O) groups is 1. The smallest absolute Gasteiger partial charge is 0.253 e. The number of piperidine rings is 1. The van der Waals surface area contributed by atoms with E-state index in [2.05, 4.69) is 11.2 Å². The van der Waals surface area contributed by atoms with Crippen LogP contribution in [-0.4, -0.2) is 33.7 Å². The van der Waals surface area contributed by atoms with E-state index in [0.29, 0.717) is 11.5 Å². The molecule has 1 saturated carbocycles. The zero-order valence-corrected chi connectivity index (χ0v) is 14.5. The van der Waals surface area contributed by atoms with E-state index in [0.717, 1.165) is 44.3 Å². The lowest BCUT2D eigenvalue weighted by molar-refractivity contribution is 0.0704. The molecule has 128 valence electrons. The van der Waals surface area contributed by atoms with Gasteiger partial charge < -0.3 is 4.90 Å². The van der Waals surface area contributed by atoms with Crippen molar-refractivity contribution in [2.24, 2.45) is 7.05 Å². The largest absolute Gasteiger partial charge is 0.338 e. The van der Waals surface area contributed by atoms with Crippen LogP contribution in [-0.2, 0) is 12.5 Å². The van der Waals surface area contributed by atoms with E-state index in [9.17, 15) is 10.1 Å². The summed E-state index contributed by atoms with van der Waals surface area (Å²) in [5, 5.41) is 13.6. The summed E-state index contributed by atoms with van der Waals surface area (Å²) in [7, 11) is 1.96. The van der Waals surface area contributed by atoms with E-state index in [1.165, 1.54) is 5.69 Å². The lowest BCUT2D eigenvalue weighted by Crippen LogP contribution is -2.39. The molecule has 0 radical (unpaired) electrons. The van der Waals surface area contributed by atoms with Crippen molar-refractivity contribution in [1.29, 1.82) is 5.26 Å². The summed E-state index contributed by atoms with van der Waals surface area (Å²) in [5.74, 6) is 0.429. The molecule has 0 spiro atoms. The number of nitrogens with zero attached hydrogens (tertiary/aromatic N) is 4. The van der Waals surface area contributed by atoms with Gasteiger partial charge in [0.2, 0.25) is 0 Å². The van der Waals surface area contributed by atoms with Gasteiger partial charge in [0.15, 0.2) is 0 Å². The van der Waals surface area contributed by atoms with Crippen LogP contribution in [0.4, 0.5) is 0 Å². The number of carbonyl (C=O) groups excluding carboxylic acids is 1. The molecule has 1 unspecified atom stereocenters. The second kappa shape index (κ2) is 6.03. The fourth-order valence-corrected chi connectivity index (χ4v) is 3.89. The highest BCUT2D eigenvalue weighted by Crippen LogP contribution is 2.47. The quantitative estimate of drug-likeness (QED) is 0.867. The van der Waals surface area contributed by atoms with Crippen LogP contribution in [0.1, 0.15) is 53.2 Å². The molecule has 2 aliphatic rings. The summed E-state index contributed by atoms with van der Waals surface area (Å²) in [6.07, 6.45) is 5.77. The zero-order chi connectivity index (χ0) is 17.4. The van der Waals surface area contributed by atoms with Crippen LogP contribution in [0, 0.1) is 11.3 Å². The molecule has 1 amide bonds. The highest BCUT2D eigenvalue weighted by atomic mass is 16.2. The number of hydrogen-bond donors (Lipinski definition) is 0. The van der Waals surface area contributed by atoms with Crippen molar-refractivity contribution in [1.82, 2.24) is 14.7 Å². The lowest BCUT2D eigenvalue weighted by atomic mass is 9.93. The molecule has 2 fully saturated rings. The Morgan fingerprint density at radius 3 is 2.64 bits per heavy atom. The predicted molar refractivity (Wildman–Crippen MR) is 94.1 cm³/mol. The monoisotopic (exact) mass is 334 g/mol. The van der Waals surface area contributed by atoms with Gasteiger partial charge in [-0.2, -0.15) is 10.4 Å². The second-order valence-electron chi connectivity index (χ2n) is 7.24. The fourth-order valence-electron chi connectivity index (χ4n) is 3.89. The first-order valence-corrected chi connectivity index (χ1v) is 8.92. The molecule has 1 aliphatic carbocycles. The average molecular weight is 334 g/mol. The van der Waals surface area contributed by atoms with Gasteiger partial charge in [0.25, 0.3) is 5.91 Å². The number of benzene rings is 1. The molecule has 1 saturated heterocycles. The third kappa shape index (κ3) is 2.82. The minimum atomic E-state index is -0.294. The summed E-state index contributed by atoms with van der Waals surface area (Å²) in [6, 6.07) is 12.1. The number of nitriles is 1. The first-order valence-electron chi connectivity index (χ1n) is 8.92. The van der Waals surface area contributed by atoms with E-state index in [1.54, 1.807) is 0 Å². The summed E-state index contributed by atoms with van der Waals surface area (Å²) in [4.78, 5) is 14.8. The average Bonchev–Trinajstić information content (AvgIpc) is 3.35. The molecule has 0 bridgehead atoms. The molecule has 1 aromatic carbocycles. The van der Waals surface area contributed by atoms with Crippen molar-refractivity contribution in [2.45, 2.75) is 37.0 Å². The van der Waals surface area contributed by atoms with Crippen molar-refractivity contribution in [3.8, 4) is 6.07 Å². The van der Waals surface area contributed by atoms with E-state index >= 15 is 0 Å². The highest BCUT2D eigenvalue weighted by molar-refractivity contribution is 5.94. The Morgan fingerprint density at radius 2 is 2.04 bits per heavy atom. The van der Waals surface area contributed by atoms with Crippen LogP contribution in [0.25, 0.3) is 0 Å². The van der Waals surface area contributed by atoms with Gasteiger partial charge in [-0.05, 0) is 49.4 Å². The maximum absolute atomic E-state index is 12.9. The zero-order valence-electron chi connectivity index (χ0n) is 14.5. The number of rotatable bonds is 3. The molecule has 2 aromatic rings. The molecule has 25 heavy (non-hydrogen) atoms. The molecular weight excluding hydrogens is 312 g/mol. The molecule has 0 N–H and O–H groups in total. The van der Waals surface area contributed by atoms with Crippen LogP contribution < -0.4 is 0 Å². The molecule has 5 nitrogen and oxygen atoms in total. The lowest BCUT2D eigenvalue weighted by Gasteiger charge is -2.33. The topological polar surface area (TPSA) is 61.9 Å². The fraction of sp³-hybridized carbons (Fsp3) is 0.450. The Balaban J connectivity index is 1.49. The minimum absolute atomic E-state index is 0.0835. The van der Waals surface area contributed by atoms with E-state index < -0.39 is 0 Å². The van der Waals surface area contributed by atoms with Gasteiger partial charge in [0, 0.05) is 43.5 Å². The van der Waals surface area contributed by atoms with Crippen molar-refractivity contribution in [3.63, 3.8) is 0 Å². The molecule has 1 aromatic heterocycles. The van der Waals surface area contributed by atoms with Crippen LogP contribution in [0.5, 0.6) is 0 Å². The third-order valence-electron chi connectivity index (χ3n) is 5.63. The normalized spacial score (nSPS) is 21.6. The minimum Gasteiger partial charge on any atom is -0.338 e. The maximum Gasteiger partial charge on any atom is 0.253 e. The molecule has 5 heteroatoms. The van der Waals surface area contributed by atoms with E-state index in [1.807, 2.05) is 53.2 Å². The summed E-state index contributed by atoms with van der Waals surface area (Å²) in [5.41, 5.74) is 2.65. The highest BCUT2D eigenvalue weighted by Gasteiger charge is 2.44. The van der Waals surface area contributed by atoms with Gasteiger partial charge in [-0.3, -0.25) is 9.48 Å². The van der Waals surface area contributed by atoms with E-state index in [4.69, 9.17) is 0 Å². The molecule has 1 aliphatic heterocycles. The van der Waals surface area contributed by atoms with Crippen molar-refractivity contribution >= 4 is 5.91 Å². The van der Waals surface area contributed by atoms with Gasteiger partial charge in [-0.15, -0.1) is 0 Å². The predicted octanol–water partition coefficient (Wildman–Crippen LogP) is 3.00. The standard InChI is InChI=1S/C20H22N4O/c1-23-18(8-11-22-23)16-3-2-12-24(13-16)19(25)15-4-6-17(7-5-15)20(14-21)9-10-20/h4-8,11,16H,2-3,9-10,12-13H2,1H3. The summed E-state index contributed by atoms with van der Waals surface area (Å²) < 4.78 is 1.91. The Morgan fingerprint density at radius 1 is 1.28 bits per heavy atom. The van der Waals surface area contributed by atoms with Crippen molar-refractivity contribution in [2.75, 3.05) is 13.1 Å². The van der Waals surface area contributed by atoms with Crippen LogP contribution in [0.15, 0.2) is 36.5 Å². The molecular formula is C20H22N4O. The van der Waals surface area contributed by atoms with Crippen molar-refractivity contribution in [3.05, 3.63) is 53.3 Å². The number of hydrogen-bond acceptors (Lipinski definition) is 3. The number of aromatic nitrogens is 2.